The number of piperidine rings is 1. The van der Waals surface area contributed by atoms with E-state index in [2.05, 4.69) is 41.1 Å². The lowest BCUT2D eigenvalue weighted by Gasteiger charge is -2.43. The quantitative estimate of drug-likeness (QED) is 0.613. The maximum atomic E-state index is 12.0. The highest BCUT2D eigenvalue weighted by Crippen LogP contribution is 2.23. The minimum Gasteiger partial charge on any atom is -0.390 e. The first-order valence-electron chi connectivity index (χ1n) is 7.83. The van der Waals surface area contributed by atoms with E-state index in [9.17, 15) is 14.9 Å². The van der Waals surface area contributed by atoms with E-state index in [-0.39, 0.29) is 18.0 Å². The highest BCUT2D eigenvalue weighted by atomic mass is 16.6. The third-order valence-electron chi connectivity index (χ3n) is 4.22. The van der Waals surface area contributed by atoms with Gasteiger partial charge in [-0.1, -0.05) is 11.9 Å². The summed E-state index contributed by atoms with van der Waals surface area (Å²) >= 11 is 0. The van der Waals surface area contributed by atoms with E-state index in [0.29, 0.717) is 12.5 Å². The number of hydrogen-bond donors (Lipinski definition) is 1. The zero-order valence-electron chi connectivity index (χ0n) is 13.9. The zero-order valence-corrected chi connectivity index (χ0v) is 13.9. The third kappa shape index (κ3) is 4.72. The number of amides is 1. The molecule has 1 N–H and O–H groups in total. The first kappa shape index (κ1) is 17.3. The molecule has 1 fully saturated rings. The molecule has 1 aliphatic rings. The smallest absolute Gasteiger partial charge is 0.390 e. The Balaban J connectivity index is 1.83. The molecule has 0 radical (unpaired) electrons. The first-order valence-corrected chi connectivity index (χ1v) is 7.83. The molecule has 0 spiro atoms. The third-order valence-corrected chi connectivity index (χ3v) is 4.22. The van der Waals surface area contributed by atoms with Gasteiger partial charge in [-0.15, -0.1) is 0 Å². The van der Waals surface area contributed by atoms with Gasteiger partial charge < -0.3 is 15.4 Å². The maximum Gasteiger partial charge on any atom is 0.490 e. The molecule has 0 saturated carbocycles. The summed E-state index contributed by atoms with van der Waals surface area (Å²) in [6.07, 6.45) is 3.63. The molecule has 1 saturated heterocycles. The normalized spacial score (nSPS) is 19.5. The van der Waals surface area contributed by atoms with Crippen LogP contribution in [-0.2, 0) is 11.3 Å². The Morgan fingerprint density at radius 3 is 2.91 bits per heavy atom. The summed E-state index contributed by atoms with van der Waals surface area (Å²) in [5.74, 6) is -0.0576. The number of likely N-dealkylation sites (tertiary alicyclic amines) is 1. The molecule has 23 heavy (non-hydrogen) atoms. The van der Waals surface area contributed by atoms with E-state index < -0.39 is 10.9 Å². The van der Waals surface area contributed by atoms with Gasteiger partial charge in [0.1, 0.15) is 6.54 Å². The Hall–Kier alpha value is -2.03. The van der Waals surface area contributed by atoms with Crippen LogP contribution < -0.4 is 5.32 Å². The van der Waals surface area contributed by atoms with Crippen LogP contribution in [0, 0.1) is 16.0 Å². The summed E-state index contributed by atoms with van der Waals surface area (Å²) in [6, 6.07) is 0. The summed E-state index contributed by atoms with van der Waals surface area (Å²) in [5.41, 5.74) is -0.126. The molecule has 2 heterocycles. The summed E-state index contributed by atoms with van der Waals surface area (Å²) < 4.78 is 1.17. The van der Waals surface area contributed by atoms with Gasteiger partial charge in [0.25, 0.3) is 0 Å². The van der Waals surface area contributed by atoms with Crippen molar-refractivity contribution in [1.29, 1.82) is 0 Å². The maximum absolute atomic E-state index is 12.0. The van der Waals surface area contributed by atoms with Crippen LogP contribution in [0.3, 0.4) is 0 Å². The Labute approximate surface area is 135 Å². The van der Waals surface area contributed by atoms with Crippen LogP contribution in [0.4, 0.5) is 5.95 Å². The number of carbonyl (C=O) groups is 1. The minimum absolute atomic E-state index is 0.0761. The number of rotatable bonds is 6. The van der Waals surface area contributed by atoms with Gasteiger partial charge in [0, 0.05) is 23.7 Å². The number of nitro groups is 1. The Kier molecular flexibility index (Phi) is 5.30. The van der Waals surface area contributed by atoms with Gasteiger partial charge in [-0.25, -0.2) is 0 Å². The largest absolute Gasteiger partial charge is 0.490 e. The van der Waals surface area contributed by atoms with E-state index >= 15 is 0 Å². The highest BCUT2D eigenvalue weighted by molar-refractivity contribution is 5.75. The second kappa shape index (κ2) is 7.03. The second-order valence-corrected chi connectivity index (χ2v) is 6.78. The van der Waals surface area contributed by atoms with E-state index in [1.54, 1.807) is 0 Å². The molecular formula is C14H24N6O3. The van der Waals surface area contributed by atoms with Crippen molar-refractivity contribution in [2.45, 2.75) is 45.7 Å². The number of nitrogens with one attached hydrogen (secondary N) is 1. The topological polar surface area (TPSA) is 106 Å². The summed E-state index contributed by atoms with van der Waals surface area (Å²) in [7, 11) is 0. The molecule has 1 aromatic heterocycles. The fourth-order valence-corrected chi connectivity index (χ4v) is 2.81. The molecule has 1 aliphatic heterocycles. The fourth-order valence-electron chi connectivity index (χ4n) is 2.81. The molecule has 0 aliphatic carbocycles. The van der Waals surface area contributed by atoms with Gasteiger partial charge in [0.2, 0.25) is 12.2 Å². The van der Waals surface area contributed by atoms with Gasteiger partial charge in [0.15, 0.2) is 0 Å². The molecule has 0 aromatic carbocycles. The van der Waals surface area contributed by atoms with Gasteiger partial charge in [0.05, 0.1) is 0 Å². The predicted molar refractivity (Wildman–Crippen MR) is 83.7 cm³/mol. The summed E-state index contributed by atoms with van der Waals surface area (Å²) in [6.45, 7) is 9.01. The van der Waals surface area contributed by atoms with Crippen molar-refractivity contribution in [3.05, 3.63) is 16.4 Å². The summed E-state index contributed by atoms with van der Waals surface area (Å²) in [5, 5.41) is 17.0. The Morgan fingerprint density at radius 2 is 2.30 bits per heavy atom. The van der Waals surface area contributed by atoms with Crippen LogP contribution in [0.5, 0.6) is 0 Å². The van der Waals surface area contributed by atoms with Crippen molar-refractivity contribution in [2.75, 3.05) is 19.6 Å². The number of carbonyl (C=O) groups excluding carboxylic acids is 1. The van der Waals surface area contributed by atoms with Crippen LogP contribution in [0.25, 0.3) is 0 Å². The molecule has 1 unspecified atom stereocenters. The standard InChI is InChI=1S/C14H24N6O3/c1-11-5-4-6-18(7-11)14(2,3)9-15-12(21)8-19-10-16-13(17-19)20(22)23/h10-11H,4-9H2,1-3H3,(H,15,21). The van der Waals surface area contributed by atoms with Crippen LogP contribution in [0.15, 0.2) is 6.33 Å². The van der Waals surface area contributed by atoms with Gasteiger partial charge >= 0.3 is 5.95 Å². The monoisotopic (exact) mass is 324 g/mol. The summed E-state index contributed by atoms with van der Waals surface area (Å²) in [4.78, 5) is 27.8. The number of hydrogen-bond acceptors (Lipinski definition) is 6. The van der Waals surface area contributed by atoms with Crippen LogP contribution in [0.2, 0.25) is 0 Å². The van der Waals surface area contributed by atoms with E-state index in [1.807, 2.05) is 0 Å². The molecule has 1 atom stereocenters. The lowest BCUT2D eigenvalue weighted by molar-refractivity contribution is -0.394. The van der Waals surface area contributed by atoms with Gasteiger partial charge in [-0.05, 0) is 44.1 Å². The lowest BCUT2D eigenvalue weighted by Crippen LogP contribution is -2.54. The van der Waals surface area contributed by atoms with Gasteiger partial charge in [-0.2, -0.15) is 4.68 Å². The van der Waals surface area contributed by atoms with Crippen molar-refractivity contribution >= 4 is 11.9 Å². The molecule has 9 heteroatoms. The average molecular weight is 324 g/mol. The Bertz CT molecular complexity index is 571. The zero-order chi connectivity index (χ0) is 17.0. The molecule has 9 nitrogen and oxygen atoms in total. The van der Waals surface area contributed by atoms with E-state index in [0.717, 1.165) is 13.1 Å². The Morgan fingerprint density at radius 1 is 1.57 bits per heavy atom. The van der Waals surface area contributed by atoms with Crippen LogP contribution in [0.1, 0.15) is 33.6 Å². The van der Waals surface area contributed by atoms with Crippen molar-refractivity contribution in [3.8, 4) is 0 Å². The molecule has 1 amide bonds. The SMILES string of the molecule is CC1CCCN(C(C)(C)CNC(=O)Cn2cnc([N+](=O)[O-])n2)C1. The molecule has 1 aromatic rings. The molecular weight excluding hydrogens is 300 g/mol. The minimum atomic E-state index is -0.685. The lowest BCUT2D eigenvalue weighted by atomic mass is 9.93. The fraction of sp³-hybridized carbons (Fsp3) is 0.786. The van der Waals surface area contributed by atoms with Gasteiger partial charge in [-0.3, -0.25) is 9.69 Å². The molecule has 2 rings (SSSR count). The van der Waals surface area contributed by atoms with Crippen molar-refractivity contribution < 1.29 is 9.72 Å². The highest BCUT2D eigenvalue weighted by Gasteiger charge is 2.30. The number of nitrogens with zero attached hydrogens (tertiary/aromatic N) is 5. The number of aromatic nitrogens is 3. The van der Waals surface area contributed by atoms with E-state index in [4.69, 9.17) is 0 Å². The van der Waals surface area contributed by atoms with Crippen molar-refractivity contribution in [2.24, 2.45) is 5.92 Å². The average Bonchev–Trinajstić information content (AvgIpc) is 2.94. The van der Waals surface area contributed by atoms with Crippen LogP contribution >= 0.6 is 0 Å². The van der Waals surface area contributed by atoms with E-state index in [1.165, 1.54) is 23.9 Å². The molecule has 128 valence electrons. The molecule has 0 bridgehead atoms. The first-order chi connectivity index (χ1) is 10.8. The second-order valence-electron chi connectivity index (χ2n) is 6.78. The van der Waals surface area contributed by atoms with Crippen molar-refractivity contribution in [3.63, 3.8) is 0 Å². The van der Waals surface area contributed by atoms with Crippen molar-refractivity contribution in [1.82, 2.24) is 25.0 Å². The van der Waals surface area contributed by atoms with Crippen LogP contribution in [-0.4, -0.2) is 55.7 Å². The predicted octanol–water partition coefficient (Wildman–Crippen LogP) is 0.813.